The van der Waals surface area contributed by atoms with Gasteiger partial charge in [-0.25, -0.2) is 13.2 Å². The monoisotopic (exact) mass is 436 g/mol. The molecule has 2 aromatic carbocycles. The maximum Gasteiger partial charge on any atom is 0.340 e. The number of esters is 1. The van der Waals surface area contributed by atoms with Crippen LogP contribution in [0.1, 0.15) is 33.2 Å². The van der Waals surface area contributed by atoms with Crippen LogP contribution < -0.4 is 19.5 Å². The Morgan fingerprint density at radius 2 is 1.60 bits per heavy atom. The van der Waals surface area contributed by atoms with Crippen molar-refractivity contribution in [3.63, 3.8) is 0 Å². The van der Waals surface area contributed by atoms with Gasteiger partial charge in [-0.05, 0) is 31.5 Å². The largest absolute Gasteiger partial charge is 0.493 e. The maximum atomic E-state index is 13.0. The summed E-state index contributed by atoms with van der Waals surface area (Å²) in [5.74, 6) is -0.696. The number of benzene rings is 2. The number of sulfonamides is 1. The van der Waals surface area contributed by atoms with Crippen LogP contribution in [0, 0.1) is 6.92 Å². The van der Waals surface area contributed by atoms with Gasteiger partial charge in [-0.3, -0.25) is 9.52 Å². The van der Waals surface area contributed by atoms with Crippen LogP contribution in [0.3, 0.4) is 0 Å². The van der Waals surface area contributed by atoms with Crippen molar-refractivity contribution in [1.29, 1.82) is 0 Å². The van der Waals surface area contributed by atoms with E-state index < -0.39 is 16.0 Å². The molecule has 0 aliphatic heterocycles. The average Bonchev–Trinajstić information content (AvgIpc) is 2.72. The van der Waals surface area contributed by atoms with E-state index in [1.807, 2.05) is 0 Å². The third-order valence-corrected chi connectivity index (χ3v) is 5.64. The molecule has 0 radical (unpaired) electrons. The number of nitrogens with one attached hydrogen (secondary N) is 2. The topological polar surface area (TPSA) is 120 Å². The lowest BCUT2D eigenvalue weighted by Gasteiger charge is -2.16. The summed E-state index contributed by atoms with van der Waals surface area (Å²) in [5.41, 5.74) is 0.746. The first-order valence-electron chi connectivity index (χ1n) is 8.94. The Balaban J connectivity index is 2.55. The van der Waals surface area contributed by atoms with E-state index in [1.165, 1.54) is 51.7 Å². The van der Waals surface area contributed by atoms with Crippen LogP contribution in [0.4, 0.5) is 5.69 Å². The highest BCUT2D eigenvalue weighted by Crippen LogP contribution is 2.35. The predicted octanol–water partition coefficient (Wildman–Crippen LogP) is 2.35. The molecule has 2 rings (SSSR count). The lowest BCUT2D eigenvalue weighted by atomic mass is 10.1. The van der Waals surface area contributed by atoms with Crippen molar-refractivity contribution in [2.45, 2.75) is 18.7 Å². The number of aryl methyl sites for hydroxylation is 1. The molecule has 0 unspecified atom stereocenters. The second kappa shape index (κ2) is 9.49. The van der Waals surface area contributed by atoms with Crippen molar-refractivity contribution in [1.82, 2.24) is 5.32 Å². The van der Waals surface area contributed by atoms with Crippen LogP contribution in [-0.2, 0) is 14.8 Å². The first-order valence-corrected chi connectivity index (χ1v) is 10.4. The second-order valence-electron chi connectivity index (χ2n) is 6.19. The molecule has 0 aromatic heterocycles. The van der Waals surface area contributed by atoms with Crippen LogP contribution in [0.15, 0.2) is 35.2 Å². The summed E-state index contributed by atoms with van der Waals surface area (Å²) >= 11 is 0. The Kier molecular flexibility index (Phi) is 7.28. The van der Waals surface area contributed by atoms with Gasteiger partial charge < -0.3 is 19.5 Å². The molecule has 0 saturated carbocycles. The summed E-state index contributed by atoms with van der Waals surface area (Å²) in [6.07, 6.45) is 0. The molecule has 9 nitrogen and oxygen atoms in total. The molecule has 10 heteroatoms. The number of carbonyl (C=O) groups is 2. The fourth-order valence-corrected chi connectivity index (χ4v) is 3.81. The zero-order valence-corrected chi connectivity index (χ0v) is 18.2. The minimum absolute atomic E-state index is 0.0559. The average molecular weight is 436 g/mol. The predicted molar refractivity (Wildman–Crippen MR) is 111 cm³/mol. The van der Waals surface area contributed by atoms with Crippen molar-refractivity contribution in [3.05, 3.63) is 47.0 Å². The molecule has 2 aromatic rings. The summed E-state index contributed by atoms with van der Waals surface area (Å²) < 4.78 is 43.5. The molecule has 0 aliphatic rings. The maximum absolute atomic E-state index is 13.0. The minimum atomic E-state index is -4.14. The molecule has 30 heavy (non-hydrogen) atoms. The van der Waals surface area contributed by atoms with Gasteiger partial charge in [0, 0.05) is 24.2 Å². The first-order chi connectivity index (χ1) is 14.2. The molecule has 1 amide bonds. The van der Waals surface area contributed by atoms with Crippen LogP contribution in [0.2, 0.25) is 0 Å². The van der Waals surface area contributed by atoms with Gasteiger partial charge >= 0.3 is 5.97 Å². The zero-order valence-electron chi connectivity index (χ0n) is 17.4. The summed E-state index contributed by atoms with van der Waals surface area (Å²) in [7, 11) is -0.199. The van der Waals surface area contributed by atoms with E-state index in [4.69, 9.17) is 14.2 Å². The van der Waals surface area contributed by atoms with Crippen molar-refractivity contribution >= 4 is 27.6 Å². The molecule has 0 heterocycles. The number of hydrogen-bond donors (Lipinski definition) is 2. The number of anilines is 1. The van der Waals surface area contributed by atoms with Gasteiger partial charge in [0.25, 0.3) is 15.9 Å². The molecule has 2 N–H and O–H groups in total. The highest BCUT2D eigenvalue weighted by atomic mass is 32.2. The Labute approximate surface area is 175 Å². The molecule has 0 fully saturated rings. The Morgan fingerprint density at radius 3 is 2.17 bits per heavy atom. The lowest BCUT2D eigenvalue weighted by molar-refractivity contribution is 0.0601. The normalized spacial score (nSPS) is 10.8. The van der Waals surface area contributed by atoms with E-state index in [2.05, 4.69) is 10.0 Å². The minimum Gasteiger partial charge on any atom is -0.493 e. The van der Waals surface area contributed by atoms with Crippen LogP contribution >= 0.6 is 0 Å². The second-order valence-corrected chi connectivity index (χ2v) is 7.87. The molecule has 0 bridgehead atoms. The number of hydrogen-bond acceptors (Lipinski definition) is 7. The van der Waals surface area contributed by atoms with E-state index in [0.717, 1.165) is 0 Å². The number of methoxy groups -OCH3 is 3. The summed E-state index contributed by atoms with van der Waals surface area (Å²) in [6.45, 7) is 3.88. The molecule has 162 valence electrons. The standard InChI is InChI=1S/C20H24N2O7S/c1-6-21-19(23)14-9-13(8-7-12(14)2)30(25,26)22-16-11-18(28-4)17(27-3)10-15(16)20(24)29-5/h7-11,22H,6H2,1-5H3,(H,21,23). The number of ether oxygens (including phenoxy) is 3. The first kappa shape index (κ1) is 23.0. The third-order valence-electron chi connectivity index (χ3n) is 4.27. The molecular weight excluding hydrogens is 412 g/mol. The molecule has 0 atom stereocenters. The van der Waals surface area contributed by atoms with E-state index in [0.29, 0.717) is 12.1 Å². The van der Waals surface area contributed by atoms with Gasteiger partial charge in [0.15, 0.2) is 11.5 Å². The molecule has 0 spiro atoms. The van der Waals surface area contributed by atoms with Crippen molar-refractivity contribution in [2.24, 2.45) is 0 Å². The van der Waals surface area contributed by atoms with Gasteiger partial charge in [0.1, 0.15) is 0 Å². The Hall–Kier alpha value is -3.27. The van der Waals surface area contributed by atoms with Gasteiger partial charge in [-0.2, -0.15) is 0 Å². The van der Waals surface area contributed by atoms with E-state index in [9.17, 15) is 18.0 Å². The smallest absolute Gasteiger partial charge is 0.340 e. The van der Waals surface area contributed by atoms with E-state index >= 15 is 0 Å². The Bertz CT molecular complexity index is 1070. The summed E-state index contributed by atoms with van der Waals surface area (Å²) in [5, 5.41) is 2.64. The van der Waals surface area contributed by atoms with Crippen LogP contribution in [0.25, 0.3) is 0 Å². The molecular formula is C20H24N2O7S. The van der Waals surface area contributed by atoms with E-state index in [1.54, 1.807) is 13.8 Å². The van der Waals surface area contributed by atoms with Gasteiger partial charge in [0.05, 0.1) is 37.5 Å². The SMILES string of the molecule is CCNC(=O)c1cc(S(=O)(=O)Nc2cc(OC)c(OC)cc2C(=O)OC)ccc1C. The number of carbonyl (C=O) groups excluding carboxylic acids is 2. The zero-order chi connectivity index (χ0) is 22.5. The number of amides is 1. The fraction of sp³-hybridized carbons (Fsp3) is 0.300. The van der Waals surface area contributed by atoms with Crippen molar-refractivity contribution < 1.29 is 32.2 Å². The summed E-state index contributed by atoms with van der Waals surface area (Å²) in [6, 6.07) is 6.83. The van der Waals surface area contributed by atoms with Crippen molar-refractivity contribution in [3.8, 4) is 11.5 Å². The van der Waals surface area contributed by atoms with Gasteiger partial charge in [0.2, 0.25) is 0 Å². The molecule has 0 saturated heterocycles. The highest BCUT2D eigenvalue weighted by Gasteiger charge is 2.23. The van der Waals surface area contributed by atoms with Gasteiger partial charge in [-0.1, -0.05) is 6.07 Å². The number of rotatable bonds is 8. The quantitative estimate of drug-likeness (QED) is 0.610. The van der Waals surface area contributed by atoms with Gasteiger partial charge in [-0.15, -0.1) is 0 Å². The van der Waals surface area contributed by atoms with E-state index in [-0.39, 0.29) is 39.1 Å². The third kappa shape index (κ3) is 4.82. The lowest BCUT2D eigenvalue weighted by Crippen LogP contribution is -2.24. The summed E-state index contributed by atoms with van der Waals surface area (Å²) in [4.78, 5) is 24.3. The van der Waals surface area contributed by atoms with Crippen LogP contribution in [-0.4, -0.2) is 48.2 Å². The van der Waals surface area contributed by atoms with Crippen LogP contribution in [0.5, 0.6) is 11.5 Å². The van der Waals surface area contributed by atoms with Crippen molar-refractivity contribution in [2.75, 3.05) is 32.6 Å². The highest BCUT2D eigenvalue weighted by molar-refractivity contribution is 7.92. The Morgan fingerprint density at radius 1 is 0.967 bits per heavy atom. The fourth-order valence-electron chi connectivity index (χ4n) is 2.71. The molecule has 0 aliphatic carbocycles.